The summed E-state index contributed by atoms with van der Waals surface area (Å²) in [5.41, 5.74) is 6.58. The fraction of sp³-hybridized carbons (Fsp3) is 0.333. The maximum atomic E-state index is 4.96. The summed E-state index contributed by atoms with van der Waals surface area (Å²) in [6.45, 7) is 5.45. The van der Waals surface area contributed by atoms with Gasteiger partial charge in [0.2, 0.25) is 0 Å². The Morgan fingerprint density at radius 2 is 1.67 bits per heavy atom. The number of nitrogens with zero attached hydrogens (tertiary/aromatic N) is 3. The Bertz CT molecular complexity index is 1010. The topological polar surface area (TPSA) is 30.7 Å². The molecule has 3 nitrogen and oxygen atoms in total. The second-order valence-electron chi connectivity index (χ2n) is 6.57. The zero-order valence-electron chi connectivity index (χ0n) is 14.4. The van der Waals surface area contributed by atoms with Crippen LogP contribution in [0.15, 0.2) is 42.5 Å². The summed E-state index contributed by atoms with van der Waals surface area (Å²) in [5, 5.41) is 1.22. The minimum Gasteiger partial charge on any atom is -0.324 e. The van der Waals surface area contributed by atoms with E-state index in [0.29, 0.717) is 0 Å². The molecular weight excluding hydrogens is 294 g/mol. The smallest absolute Gasteiger partial charge is 0.160 e. The van der Waals surface area contributed by atoms with Crippen molar-refractivity contribution in [2.45, 2.75) is 46.1 Å². The van der Waals surface area contributed by atoms with Crippen molar-refractivity contribution in [3.8, 4) is 0 Å². The highest BCUT2D eigenvalue weighted by Crippen LogP contribution is 2.30. The van der Waals surface area contributed by atoms with E-state index in [9.17, 15) is 0 Å². The molecule has 2 heterocycles. The molecule has 0 spiro atoms. The van der Waals surface area contributed by atoms with E-state index >= 15 is 0 Å². The van der Waals surface area contributed by atoms with E-state index in [2.05, 4.69) is 36.6 Å². The van der Waals surface area contributed by atoms with E-state index in [1.807, 2.05) is 24.3 Å². The van der Waals surface area contributed by atoms with Gasteiger partial charge in [-0.25, -0.2) is 9.97 Å². The van der Waals surface area contributed by atoms with E-state index < -0.39 is 0 Å². The number of fused-ring (bicyclic) bond motifs is 4. The van der Waals surface area contributed by atoms with Gasteiger partial charge in [0.1, 0.15) is 5.52 Å². The third kappa shape index (κ3) is 2.44. The molecule has 0 saturated heterocycles. The van der Waals surface area contributed by atoms with Crippen LogP contribution in [0.3, 0.4) is 0 Å². The predicted molar refractivity (Wildman–Crippen MR) is 101 cm³/mol. The van der Waals surface area contributed by atoms with Crippen molar-refractivity contribution >= 4 is 33.1 Å². The Morgan fingerprint density at radius 1 is 0.875 bits per heavy atom. The molecule has 0 N–H and O–H groups in total. The standard InChI is InChI=1S/C21H23N3/c1-3-4-5-8-14-24-20-15(2)10-9-11-16(20)19-21(24)23-18-13-7-6-12-17(18)22-19/h6-7,9-13H,3-5,8,14H2,1-2H3. The van der Waals surface area contributed by atoms with Crippen molar-refractivity contribution in [3.05, 3.63) is 48.0 Å². The molecule has 0 atom stereocenters. The molecule has 0 aliphatic carbocycles. The van der Waals surface area contributed by atoms with E-state index in [0.717, 1.165) is 28.7 Å². The van der Waals surface area contributed by atoms with Gasteiger partial charge in [0.25, 0.3) is 0 Å². The number of para-hydroxylation sites is 3. The van der Waals surface area contributed by atoms with Gasteiger partial charge < -0.3 is 4.57 Å². The lowest BCUT2D eigenvalue weighted by Crippen LogP contribution is -2.00. The van der Waals surface area contributed by atoms with Crippen LogP contribution in [0.5, 0.6) is 0 Å². The van der Waals surface area contributed by atoms with Crippen LogP contribution in [0.4, 0.5) is 0 Å². The second-order valence-corrected chi connectivity index (χ2v) is 6.57. The molecule has 2 aromatic carbocycles. The average molecular weight is 317 g/mol. The van der Waals surface area contributed by atoms with Gasteiger partial charge in [-0.2, -0.15) is 0 Å². The Morgan fingerprint density at radius 3 is 2.46 bits per heavy atom. The molecule has 0 fully saturated rings. The van der Waals surface area contributed by atoms with Crippen molar-refractivity contribution in [2.75, 3.05) is 0 Å². The van der Waals surface area contributed by atoms with Crippen LogP contribution in [0.1, 0.15) is 38.2 Å². The maximum absolute atomic E-state index is 4.96. The normalized spacial score (nSPS) is 11.8. The highest BCUT2D eigenvalue weighted by atomic mass is 15.1. The molecule has 2 aromatic heterocycles. The number of rotatable bonds is 5. The van der Waals surface area contributed by atoms with Gasteiger partial charge in [0.05, 0.1) is 16.6 Å². The van der Waals surface area contributed by atoms with Crippen LogP contribution in [-0.2, 0) is 6.54 Å². The van der Waals surface area contributed by atoms with Gasteiger partial charge in [0.15, 0.2) is 5.65 Å². The summed E-state index contributed by atoms with van der Waals surface area (Å²) in [4.78, 5) is 9.88. The molecule has 0 aliphatic heterocycles. The maximum Gasteiger partial charge on any atom is 0.160 e. The Hall–Kier alpha value is -2.42. The van der Waals surface area contributed by atoms with Gasteiger partial charge >= 0.3 is 0 Å². The number of aryl methyl sites for hydroxylation is 2. The summed E-state index contributed by atoms with van der Waals surface area (Å²) in [5.74, 6) is 0. The van der Waals surface area contributed by atoms with Crippen molar-refractivity contribution in [2.24, 2.45) is 0 Å². The highest BCUT2D eigenvalue weighted by molar-refractivity contribution is 6.07. The summed E-state index contributed by atoms with van der Waals surface area (Å²) >= 11 is 0. The van der Waals surface area contributed by atoms with E-state index in [4.69, 9.17) is 9.97 Å². The van der Waals surface area contributed by atoms with Crippen LogP contribution in [0.2, 0.25) is 0 Å². The summed E-state index contributed by atoms with van der Waals surface area (Å²) in [6, 6.07) is 14.6. The molecule has 122 valence electrons. The average Bonchev–Trinajstić information content (AvgIpc) is 2.91. The van der Waals surface area contributed by atoms with Gasteiger partial charge in [-0.15, -0.1) is 0 Å². The fourth-order valence-corrected chi connectivity index (χ4v) is 3.59. The van der Waals surface area contributed by atoms with Crippen LogP contribution in [-0.4, -0.2) is 14.5 Å². The van der Waals surface area contributed by atoms with Gasteiger partial charge in [-0.05, 0) is 31.0 Å². The third-order valence-corrected chi connectivity index (χ3v) is 4.81. The quantitative estimate of drug-likeness (QED) is 0.447. The monoisotopic (exact) mass is 317 g/mol. The van der Waals surface area contributed by atoms with Crippen molar-refractivity contribution in [1.82, 2.24) is 14.5 Å². The van der Waals surface area contributed by atoms with Crippen LogP contribution in [0, 0.1) is 6.92 Å². The number of aromatic nitrogens is 3. The summed E-state index contributed by atoms with van der Waals surface area (Å²) in [6.07, 6.45) is 5.02. The first-order valence-electron chi connectivity index (χ1n) is 8.94. The SMILES string of the molecule is CCCCCCn1c2nc3ccccc3nc2c2cccc(C)c21. The van der Waals surface area contributed by atoms with E-state index in [1.165, 1.54) is 42.1 Å². The second kappa shape index (κ2) is 6.23. The minimum atomic E-state index is 0.969. The Balaban J connectivity index is 1.96. The van der Waals surface area contributed by atoms with Crippen LogP contribution >= 0.6 is 0 Å². The van der Waals surface area contributed by atoms with Crippen LogP contribution in [0.25, 0.3) is 33.1 Å². The minimum absolute atomic E-state index is 0.969. The number of hydrogen-bond acceptors (Lipinski definition) is 2. The first-order valence-corrected chi connectivity index (χ1v) is 8.94. The van der Waals surface area contributed by atoms with Crippen LogP contribution < -0.4 is 0 Å². The zero-order valence-corrected chi connectivity index (χ0v) is 14.4. The molecule has 3 heteroatoms. The van der Waals surface area contributed by atoms with Gasteiger partial charge in [-0.3, -0.25) is 0 Å². The summed E-state index contributed by atoms with van der Waals surface area (Å²) in [7, 11) is 0. The lowest BCUT2D eigenvalue weighted by Gasteiger charge is -2.08. The summed E-state index contributed by atoms with van der Waals surface area (Å²) < 4.78 is 2.38. The Labute approximate surface area is 142 Å². The molecule has 0 unspecified atom stereocenters. The van der Waals surface area contributed by atoms with Crippen molar-refractivity contribution < 1.29 is 0 Å². The molecule has 0 aliphatic rings. The lowest BCUT2D eigenvalue weighted by atomic mass is 10.1. The van der Waals surface area contributed by atoms with E-state index in [1.54, 1.807) is 0 Å². The number of benzene rings is 2. The molecular formula is C21H23N3. The first-order chi connectivity index (χ1) is 11.8. The fourth-order valence-electron chi connectivity index (χ4n) is 3.59. The molecule has 0 bridgehead atoms. The van der Waals surface area contributed by atoms with Gasteiger partial charge in [0, 0.05) is 11.9 Å². The Kier molecular flexibility index (Phi) is 3.93. The predicted octanol–water partition coefficient (Wildman–Crippen LogP) is 5.63. The molecule has 0 radical (unpaired) electrons. The molecule has 0 saturated carbocycles. The lowest BCUT2D eigenvalue weighted by molar-refractivity contribution is 0.600. The molecule has 4 rings (SSSR count). The molecule has 0 amide bonds. The van der Waals surface area contributed by atoms with Crippen molar-refractivity contribution in [1.29, 1.82) is 0 Å². The van der Waals surface area contributed by atoms with E-state index in [-0.39, 0.29) is 0 Å². The first kappa shape index (κ1) is 15.1. The zero-order chi connectivity index (χ0) is 16.5. The molecule has 4 aromatic rings. The molecule has 24 heavy (non-hydrogen) atoms. The number of unbranched alkanes of at least 4 members (excludes halogenated alkanes) is 3. The number of hydrogen-bond donors (Lipinski definition) is 0. The van der Waals surface area contributed by atoms with Gasteiger partial charge in [-0.1, -0.05) is 56.5 Å². The third-order valence-electron chi connectivity index (χ3n) is 4.81. The van der Waals surface area contributed by atoms with Crippen molar-refractivity contribution in [3.63, 3.8) is 0 Å². The highest BCUT2D eigenvalue weighted by Gasteiger charge is 2.15. The largest absolute Gasteiger partial charge is 0.324 e.